The molecule has 0 aromatic heterocycles. The zero-order valence-corrected chi connectivity index (χ0v) is 23.1. The first-order chi connectivity index (χ1) is 18.7. The SMILES string of the molecule is CS(=O)(=O)NC1(c2ccccc2)CCN(C[C@@H]2C[C@@]2(C(=O)NCCc2ccc(F)cc2)c2ccccc2)CC1. The first kappa shape index (κ1) is 27.5. The molecule has 1 saturated heterocycles. The van der Waals surface area contributed by atoms with Gasteiger partial charge in [0, 0.05) is 26.2 Å². The van der Waals surface area contributed by atoms with Crippen LogP contribution in [0.5, 0.6) is 0 Å². The summed E-state index contributed by atoms with van der Waals surface area (Å²) in [7, 11) is -3.40. The molecule has 2 aliphatic rings. The number of carbonyl (C=O) groups is 1. The van der Waals surface area contributed by atoms with E-state index < -0.39 is 21.0 Å². The van der Waals surface area contributed by atoms with Gasteiger partial charge in [-0.15, -0.1) is 0 Å². The molecule has 5 rings (SSSR count). The van der Waals surface area contributed by atoms with Crippen molar-refractivity contribution in [3.8, 4) is 0 Å². The van der Waals surface area contributed by atoms with Crippen LogP contribution in [0.1, 0.15) is 36.0 Å². The fraction of sp³-hybridized carbons (Fsp3) is 0.387. The third-order valence-electron chi connectivity index (χ3n) is 8.31. The van der Waals surface area contributed by atoms with E-state index in [0.717, 1.165) is 42.7 Å². The van der Waals surface area contributed by atoms with Crippen molar-refractivity contribution in [2.24, 2.45) is 5.92 Å². The van der Waals surface area contributed by atoms with E-state index >= 15 is 0 Å². The molecule has 39 heavy (non-hydrogen) atoms. The monoisotopic (exact) mass is 549 g/mol. The summed E-state index contributed by atoms with van der Waals surface area (Å²) in [5, 5.41) is 3.15. The second-order valence-corrected chi connectivity index (χ2v) is 12.7. The van der Waals surface area contributed by atoms with Crippen molar-refractivity contribution in [1.29, 1.82) is 0 Å². The van der Waals surface area contributed by atoms with E-state index in [9.17, 15) is 17.6 Å². The Morgan fingerprint density at radius 1 is 0.923 bits per heavy atom. The number of benzene rings is 3. The highest BCUT2D eigenvalue weighted by Crippen LogP contribution is 2.55. The molecule has 2 N–H and O–H groups in total. The Balaban J connectivity index is 1.25. The fourth-order valence-corrected chi connectivity index (χ4v) is 7.20. The van der Waals surface area contributed by atoms with Crippen LogP contribution < -0.4 is 10.0 Å². The highest BCUT2D eigenvalue weighted by atomic mass is 32.2. The molecule has 1 amide bonds. The van der Waals surface area contributed by atoms with E-state index in [2.05, 4.69) is 14.9 Å². The minimum atomic E-state index is -3.40. The van der Waals surface area contributed by atoms with Crippen LogP contribution in [-0.2, 0) is 32.2 Å². The predicted molar refractivity (Wildman–Crippen MR) is 151 cm³/mol. The molecular formula is C31H36FN3O3S. The lowest BCUT2D eigenvalue weighted by Gasteiger charge is -2.42. The maximum absolute atomic E-state index is 13.6. The first-order valence-electron chi connectivity index (χ1n) is 13.6. The number of amides is 1. The van der Waals surface area contributed by atoms with Gasteiger partial charge >= 0.3 is 0 Å². The molecule has 2 atom stereocenters. The quantitative estimate of drug-likeness (QED) is 0.401. The van der Waals surface area contributed by atoms with E-state index in [0.29, 0.717) is 25.8 Å². The van der Waals surface area contributed by atoms with Crippen LogP contribution in [0.3, 0.4) is 0 Å². The van der Waals surface area contributed by atoms with Crippen molar-refractivity contribution in [2.45, 2.75) is 36.6 Å². The third kappa shape index (κ3) is 6.24. The zero-order chi connectivity index (χ0) is 27.5. The molecular weight excluding hydrogens is 513 g/mol. The number of nitrogens with zero attached hydrogens (tertiary/aromatic N) is 1. The van der Waals surface area contributed by atoms with E-state index in [-0.39, 0.29) is 17.6 Å². The fourth-order valence-electron chi connectivity index (χ4n) is 6.17. The van der Waals surface area contributed by atoms with Crippen molar-refractivity contribution in [3.63, 3.8) is 0 Å². The van der Waals surface area contributed by atoms with Gasteiger partial charge in [0.2, 0.25) is 15.9 Å². The number of piperidine rings is 1. The maximum atomic E-state index is 13.6. The Morgan fingerprint density at radius 2 is 1.51 bits per heavy atom. The number of sulfonamides is 1. The molecule has 1 saturated carbocycles. The molecule has 1 heterocycles. The zero-order valence-electron chi connectivity index (χ0n) is 22.3. The van der Waals surface area contributed by atoms with Gasteiger partial charge in [-0.3, -0.25) is 4.79 Å². The summed E-state index contributed by atoms with van der Waals surface area (Å²) < 4.78 is 40.7. The molecule has 2 fully saturated rings. The van der Waals surface area contributed by atoms with Gasteiger partial charge in [-0.1, -0.05) is 72.8 Å². The molecule has 0 bridgehead atoms. The smallest absolute Gasteiger partial charge is 0.231 e. The van der Waals surface area contributed by atoms with Crippen molar-refractivity contribution < 1.29 is 17.6 Å². The standard InChI is InChI=1S/C31H36FN3O3S/c1-39(37,38)34-30(25-8-4-2-5-9-25)17-20-35(21-18-30)23-27-22-31(27,26-10-6-3-7-11-26)29(36)33-19-16-24-12-14-28(32)15-13-24/h2-15,27,34H,16-23H2,1H3,(H,33,36)/t27-,31+/m0/s1. The molecule has 3 aromatic rings. The summed E-state index contributed by atoms with van der Waals surface area (Å²) in [5.74, 6) is -0.0505. The summed E-state index contributed by atoms with van der Waals surface area (Å²) in [5.41, 5.74) is 1.81. The maximum Gasteiger partial charge on any atom is 0.231 e. The molecule has 6 nitrogen and oxygen atoms in total. The number of halogens is 1. The van der Waals surface area contributed by atoms with E-state index in [1.165, 1.54) is 18.4 Å². The number of hydrogen-bond acceptors (Lipinski definition) is 4. The van der Waals surface area contributed by atoms with Crippen molar-refractivity contribution in [1.82, 2.24) is 14.9 Å². The Labute approximate surface area is 230 Å². The Kier molecular flexibility index (Phi) is 7.89. The van der Waals surface area contributed by atoms with Gasteiger partial charge in [0.05, 0.1) is 17.2 Å². The van der Waals surface area contributed by atoms with Gasteiger partial charge in [0.15, 0.2) is 0 Å². The second kappa shape index (κ2) is 11.2. The Morgan fingerprint density at radius 3 is 2.10 bits per heavy atom. The number of carbonyl (C=O) groups excluding carboxylic acids is 1. The lowest BCUT2D eigenvalue weighted by atomic mass is 9.81. The topological polar surface area (TPSA) is 78.5 Å². The molecule has 8 heteroatoms. The average molecular weight is 550 g/mol. The third-order valence-corrected chi connectivity index (χ3v) is 9.07. The van der Waals surface area contributed by atoms with Crippen LogP contribution in [0.15, 0.2) is 84.9 Å². The van der Waals surface area contributed by atoms with Crippen LogP contribution >= 0.6 is 0 Å². The minimum Gasteiger partial charge on any atom is -0.355 e. The second-order valence-electron chi connectivity index (χ2n) is 11.0. The minimum absolute atomic E-state index is 0.0372. The van der Waals surface area contributed by atoms with E-state index in [1.807, 2.05) is 60.7 Å². The molecule has 0 radical (unpaired) electrons. The van der Waals surface area contributed by atoms with Gasteiger partial charge in [0.1, 0.15) is 5.82 Å². The normalized spacial score (nSPS) is 22.8. The highest BCUT2D eigenvalue weighted by molar-refractivity contribution is 7.88. The molecule has 0 unspecified atom stereocenters. The van der Waals surface area contributed by atoms with Gasteiger partial charge in [-0.05, 0) is 60.4 Å². The van der Waals surface area contributed by atoms with Crippen LogP contribution in [0.2, 0.25) is 0 Å². The summed E-state index contributed by atoms with van der Waals surface area (Å²) in [6.07, 6.45) is 3.97. The lowest BCUT2D eigenvalue weighted by molar-refractivity contribution is -0.124. The summed E-state index contributed by atoms with van der Waals surface area (Å²) >= 11 is 0. The first-order valence-corrected chi connectivity index (χ1v) is 15.4. The van der Waals surface area contributed by atoms with Gasteiger partial charge in [-0.25, -0.2) is 17.5 Å². The Hall–Kier alpha value is -3.07. The van der Waals surface area contributed by atoms with Crippen LogP contribution in [0, 0.1) is 11.7 Å². The molecule has 3 aromatic carbocycles. The van der Waals surface area contributed by atoms with Gasteiger partial charge in [-0.2, -0.15) is 0 Å². The van der Waals surface area contributed by atoms with Gasteiger partial charge < -0.3 is 10.2 Å². The van der Waals surface area contributed by atoms with E-state index in [1.54, 1.807) is 12.1 Å². The number of likely N-dealkylation sites (tertiary alicyclic amines) is 1. The molecule has 0 spiro atoms. The average Bonchev–Trinajstić information content (AvgIpc) is 3.66. The van der Waals surface area contributed by atoms with E-state index in [4.69, 9.17) is 0 Å². The summed E-state index contributed by atoms with van der Waals surface area (Å²) in [6.45, 7) is 2.76. The van der Waals surface area contributed by atoms with Crippen LogP contribution in [-0.4, -0.2) is 51.7 Å². The highest BCUT2D eigenvalue weighted by Gasteiger charge is 2.61. The van der Waals surface area contributed by atoms with Crippen molar-refractivity contribution in [2.75, 3.05) is 32.4 Å². The van der Waals surface area contributed by atoms with Crippen molar-refractivity contribution >= 4 is 15.9 Å². The number of rotatable bonds is 10. The van der Waals surface area contributed by atoms with Crippen molar-refractivity contribution in [3.05, 3.63) is 107 Å². The predicted octanol–water partition coefficient (Wildman–Crippen LogP) is 3.98. The molecule has 1 aliphatic carbocycles. The largest absolute Gasteiger partial charge is 0.355 e. The molecule has 206 valence electrons. The summed E-state index contributed by atoms with van der Waals surface area (Å²) in [6, 6.07) is 26.2. The Bertz CT molecular complexity index is 1380. The summed E-state index contributed by atoms with van der Waals surface area (Å²) in [4.78, 5) is 16.0. The number of nitrogens with one attached hydrogen (secondary N) is 2. The van der Waals surface area contributed by atoms with Gasteiger partial charge in [0.25, 0.3) is 0 Å². The van der Waals surface area contributed by atoms with Crippen LogP contribution in [0.4, 0.5) is 4.39 Å². The number of hydrogen-bond donors (Lipinski definition) is 2. The molecule has 1 aliphatic heterocycles. The van der Waals surface area contributed by atoms with Crippen LogP contribution in [0.25, 0.3) is 0 Å². The lowest BCUT2D eigenvalue weighted by Crippen LogP contribution is -2.53.